The lowest BCUT2D eigenvalue weighted by molar-refractivity contribution is -0.123. The number of ether oxygens (including phenoxy) is 1. The molecule has 0 unspecified atom stereocenters. The molecule has 158 valence electrons. The van der Waals surface area contributed by atoms with Crippen molar-refractivity contribution >= 4 is 17.5 Å². The second kappa shape index (κ2) is 9.26. The minimum absolute atomic E-state index is 0.0802. The minimum Gasteiger partial charge on any atom is -0.494 e. The summed E-state index contributed by atoms with van der Waals surface area (Å²) in [5.41, 5.74) is 0.646. The lowest BCUT2D eigenvalue weighted by Crippen LogP contribution is -2.55. The molecule has 6 nitrogen and oxygen atoms in total. The molecule has 2 aliphatic heterocycles. The molecule has 2 heterocycles. The molecule has 1 aliphatic carbocycles. The zero-order valence-electron chi connectivity index (χ0n) is 17.5. The average Bonchev–Trinajstić information content (AvgIpc) is 3.07. The highest BCUT2D eigenvalue weighted by Crippen LogP contribution is 2.29. The molecule has 0 radical (unpaired) electrons. The molecule has 3 fully saturated rings. The van der Waals surface area contributed by atoms with E-state index in [1.807, 2.05) is 24.3 Å². The quantitative estimate of drug-likeness (QED) is 0.688. The van der Waals surface area contributed by atoms with Crippen LogP contribution < -0.4 is 9.64 Å². The summed E-state index contributed by atoms with van der Waals surface area (Å²) in [4.78, 5) is 31.9. The molecule has 0 bridgehead atoms. The number of benzene rings is 1. The van der Waals surface area contributed by atoms with Crippen LogP contribution in [0.25, 0.3) is 0 Å². The first kappa shape index (κ1) is 20.4. The standard InChI is InChI=1S/C23H33N3O3/c1-2-16-29-20-10-8-19(9-11-20)26-22(27)17-21(23(26)28)25-14-12-24(13-15-25)18-6-4-3-5-7-18/h8-11,18,21H,2-7,12-17H2,1H3/t21-/m1/s1. The van der Waals surface area contributed by atoms with Gasteiger partial charge in [-0.25, -0.2) is 4.90 Å². The van der Waals surface area contributed by atoms with Crippen molar-refractivity contribution < 1.29 is 14.3 Å². The number of carbonyl (C=O) groups excluding carboxylic acids is 2. The number of imide groups is 1. The maximum atomic E-state index is 13.1. The fourth-order valence-electron chi connectivity index (χ4n) is 4.94. The van der Waals surface area contributed by atoms with Crippen LogP contribution in [0.3, 0.4) is 0 Å². The van der Waals surface area contributed by atoms with E-state index in [4.69, 9.17) is 4.74 Å². The second-order valence-electron chi connectivity index (χ2n) is 8.49. The van der Waals surface area contributed by atoms with E-state index >= 15 is 0 Å². The molecule has 0 N–H and O–H groups in total. The summed E-state index contributed by atoms with van der Waals surface area (Å²) >= 11 is 0. The van der Waals surface area contributed by atoms with Gasteiger partial charge in [-0.2, -0.15) is 0 Å². The number of nitrogens with zero attached hydrogens (tertiary/aromatic N) is 3. The molecule has 6 heteroatoms. The number of carbonyl (C=O) groups is 2. The smallest absolute Gasteiger partial charge is 0.251 e. The van der Waals surface area contributed by atoms with Gasteiger partial charge in [-0.1, -0.05) is 26.2 Å². The fraction of sp³-hybridized carbons (Fsp3) is 0.652. The van der Waals surface area contributed by atoms with E-state index in [0.29, 0.717) is 12.3 Å². The van der Waals surface area contributed by atoms with Gasteiger partial charge in [-0.05, 0) is 43.5 Å². The number of anilines is 1. The number of hydrogen-bond donors (Lipinski definition) is 0. The van der Waals surface area contributed by atoms with Gasteiger partial charge >= 0.3 is 0 Å². The zero-order valence-corrected chi connectivity index (χ0v) is 17.5. The highest BCUT2D eigenvalue weighted by molar-refractivity contribution is 6.22. The first-order chi connectivity index (χ1) is 14.2. The Bertz CT molecular complexity index is 707. The zero-order chi connectivity index (χ0) is 20.2. The highest BCUT2D eigenvalue weighted by atomic mass is 16.5. The molecule has 1 atom stereocenters. The Balaban J connectivity index is 1.36. The summed E-state index contributed by atoms with van der Waals surface area (Å²) in [6, 6.07) is 7.70. The van der Waals surface area contributed by atoms with Crippen LogP contribution in [0.5, 0.6) is 5.75 Å². The van der Waals surface area contributed by atoms with E-state index in [0.717, 1.165) is 44.4 Å². The molecule has 1 aromatic rings. The van der Waals surface area contributed by atoms with E-state index in [1.165, 1.54) is 37.0 Å². The molecular formula is C23H33N3O3. The van der Waals surface area contributed by atoms with Crippen molar-refractivity contribution in [3.05, 3.63) is 24.3 Å². The Morgan fingerprint density at radius 1 is 0.931 bits per heavy atom. The number of rotatable bonds is 6. The van der Waals surface area contributed by atoms with Crippen LogP contribution in [0.4, 0.5) is 5.69 Å². The first-order valence-corrected chi connectivity index (χ1v) is 11.2. The van der Waals surface area contributed by atoms with Crippen molar-refractivity contribution in [1.82, 2.24) is 9.80 Å². The maximum Gasteiger partial charge on any atom is 0.251 e. The highest BCUT2D eigenvalue weighted by Gasteiger charge is 2.43. The first-order valence-electron chi connectivity index (χ1n) is 11.2. The molecular weight excluding hydrogens is 366 g/mol. The lowest BCUT2D eigenvalue weighted by Gasteiger charge is -2.42. The Morgan fingerprint density at radius 3 is 2.24 bits per heavy atom. The molecule has 0 spiro atoms. The monoisotopic (exact) mass is 399 g/mol. The Hall–Kier alpha value is -1.92. The van der Waals surface area contributed by atoms with Crippen molar-refractivity contribution in [1.29, 1.82) is 0 Å². The van der Waals surface area contributed by atoms with Gasteiger partial charge in [0, 0.05) is 32.2 Å². The van der Waals surface area contributed by atoms with Gasteiger partial charge in [-0.3, -0.25) is 19.4 Å². The van der Waals surface area contributed by atoms with E-state index < -0.39 is 0 Å². The number of hydrogen-bond acceptors (Lipinski definition) is 5. The maximum absolute atomic E-state index is 13.1. The Morgan fingerprint density at radius 2 is 1.59 bits per heavy atom. The van der Waals surface area contributed by atoms with Crippen LogP contribution in [0, 0.1) is 0 Å². The van der Waals surface area contributed by atoms with Gasteiger partial charge in [-0.15, -0.1) is 0 Å². The van der Waals surface area contributed by atoms with Crippen molar-refractivity contribution in [3.8, 4) is 5.75 Å². The molecule has 0 aromatic heterocycles. The normalized spacial score (nSPS) is 25.0. The van der Waals surface area contributed by atoms with Crippen LogP contribution >= 0.6 is 0 Å². The van der Waals surface area contributed by atoms with Gasteiger partial charge in [0.15, 0.2) is 0 Å². The average molecular weight is 400 g/mol. The largest absolute Gasteiger partial charge is 0.494 e. The Kier molecular flexibility index (Phi) is 6.50. The van der Waals surface area contributed by atoms with Crippen LogP contribution in [0.1, 0.15) is 51.9 Å². The molecule has 3 aliphatic rings. The predicted molar refractivity (Wildman–Crippen MR) is 113 cm³/mol. The van der Waals surface area contributed by atoms with Crippen LogP contribution in [0.15, 0.2) is 24.3 Å². The lowest BCUT2D eigenvalue weighted by atomic mass is 9.93. The third-order valence-corrected chi connectivity index (χ3v) is 6.57. The van der Waals surface area contributed by atoms with Gasteiger partial charge in [0.1, 0.15) is 5.75 Å². The second-order valence-corrected chi connectivity index (χ2v) is 8.49. The molecule has 29 heavy (non-hydrogen) atoms. The van der Waals surface area contributed by atoms with Gasteiger partial charge < -0.3 is 4.74 Å². The van der Waals surface area contributed by atoms with Crippen molar-refractivity contribution in [2.24, 2.45) is 0 Å². The SMILES string of the molecule is CCCOc1ccc(N2C(=O)C[C@@H](N3CCN(C4CCCCC4)CC3)C2=O)cc1. The predicted octanol–water partition coefficient (Wildman–Crippen LogP) is 3.06. The van der Waals surface area contributed by atoms with Gasteiger partial charge in [0.2, 0.25) is 5.91 Å². The topological polar surface area (TPSA) is 53.1 Å². The third-order valence-electron chi connectivity index (χ3n) is 6.57. The van der Waals surface area contributed by atoms with Crippen LogP contribution in [-0.4, -0.2) is 66.5 Å². The molecule has 4 rings (SSSR count). The van der Waals surface area contributed by atoms with Crippen molar-refractivity contribution in [2.45, 2.75) is 64.0 Å². The summed E-state index contributed by atoms with van der Waals surface area (Å²) in [5.74, 6) is 0.588. The molecule has 1 aromatic carbocycles. The summed E-state index contributed by atoms with van der Waals surface area (Å²) in [6.07, 6.45) is 7.92. The van der Waals surface area contributed by atoms with Crippen molar-refractivity contribution in [2.75, 3.05) is 37.7 Å². The van der Waals surface area contributed by atoms with Gasteiger partial charge in [0.05, 0.1) is 24.8 Å². The van der Waals surface area contributed by atoms with Gasteiger partial charge in [0.25, 0.3) is 5.91 Å². The summed E-state index contributed by atoms with van der Waals surface area (Å²) in [5, 5.41) is 0. The molecule has 1 saturated carbocycles. The van der Waals surface area contributed by atoms with Crippen LogP contribution in [0.2, 0.25) is 0 Å². The Labute approximate surface area is 173 Å². The number of amides is 2. The van der Waals surface area contributed by atoms with Crippen molar-refractivity contribution in [3.63, 3.8) is 0 Å². The van der Waals surface area contributed by atoms with Crippen LogP contribution in [-0.2, 0) is 9.59 Å². The molecule has 2 amide bonds. The van der Waals surface area contributed by atoms with E-state index in [9.17, 15) is 9.59 Å². The fourth-order valence-corrected chi connectivity index (χ4v) is 4.94. The molecule has 2 saturated heterocycles. The summed E-state index contributed by atoms with van der Waals surface area (Å²) in [6.45, 7) is 6.48. The minimum atomic E-state index is -0.313. The third kappa shape index (κ3) is 4.48. The summed E-state index contributed by atoms with van der Waals surface area (Å²) < 4.78 is 5.60. The van der Waals surface area contributed by atoms with E-state index in [2.05, 4.69) is 16.7 Å². The summed E-state index contributed by atoms with van der Waals surface area (Å²) in [7, 11) is 0. The van der Waals surface area contributed by atoms with E-state index in [1.54, 1.807) is 0 Å². The van der Waals surface area contributed by atoms with E-state index in [-0.39, 0.29) is 24.3 Å². The number of piperazine rings is 1.